The van der Waals surface area contributed by atoms with E-state index < -0.39 is 6.10 Å². The third-order valence-corrected chi connectivity index (χ3v) is 6.33. The van der Waals surface area contributed by atoms with Crippen molar-refractivity contribution < 1.29 is 19.4 Å². The van der Waals surface area contributed by atoms with E-state index in [1.165, 1.54) is 0 Å². The lowest BCUT2D eigenvalue weighted by Crippen LogP contribution is -2.54. The molecule has 0 bridgehead atoms. The van der Waals surface area contributed by atoms with E-state index >= 15 is 0 Å². The molecule has 8 heteroatoms. The van der Waals surface area contributed by atoms with Crippen molar-refractivity contribution in [1.29, 1.82) is 0 Å². The number of unbranched alkanes of at least 4 members (excludes halogenated alkanes) is 1. The van der Waals surface area contributed by atoms with Crippen LogP contribution in [0.3, 0.4) is 0 Å². The van der Waals surface area contributed by atoms with Gasteiger partial charge in [-0.15, -0.1) is 0 Å². The minimum absolute atomic E-state index is 0.00749. The van der Waals surface area contributed by atoms with E-state index in [1.807, 2.05) is 29.2 Å². The number of amides is 1. The zero-order valence-corrected chi connectivity index (χ0v) is 20.5. The molecule has 1 aliphatic heterocycles. The minimum atomic E-state index is -0.549. The molecule has 0 radical (unpaired) electrons. The van der Waals surface area contributed by atoms with Crippen LogP contribution in [-0.4, -0.2) is 84.7 Å². The molecule has 1 aromatic heterocycles. The summed E-state index contributed by atoms with van der Waals surface area (Å²) in [5.41, 5.74) is 1.82. The number of aromatic nitrogens is 2. The van der Waals surface area contributed by atoms with Gasteiger partial charge in [0, 0.05) is 59.0 Å². The zero-order valence-electron chi connectivity index (χ0n) is 20.5. The van der Waals surface area contributed by atoms with E-state index in [9.17, 15) is 9.90 Å². The number of hydrogen-bond donors (Lipinski definition) is 2. The van der Waals surface area contributed by atoms with Gasteiger partial charge in [0.15, 0.2) is 5.82 Å². The van der Waals surface area contributed by atoms with Gasteiger partial charge in [-0.1, -0.05) is 26.0 Å². The molecule has 2 heterocycles. The average Bonchev–Trinajstić information content (AvgIpc) is 3.18. The number of hydrogen-bond acceptors (Lipinski definition) is 6. The smallest absolute Gasteiger partial charge is 0.290 e. The van der Waals surface area contributed by atoms with Crippen LogP contribution in [-0.2, 0) is 16.0 Å². The second-order valence-corrected chi connectivity index (χ2v) is 9.46. The van der Waals surface area contributed by atoms with Crippen molar-refractivity contribution in [3.05, 3.63) is 30.1 Å². The highest BCUT2D eigenvalue weighted by Gasteiger charge is 2.35. The normalized spacial score (nSPS) is 19.8. The van der Waals surface area contributed by atoms with Crippen LogP contribution in [0.4, 0.5) is 0 Å². The highest BCUT2D eigenvalue weighted by Crippen LogP contribution is 2.24. The molecule has 1 fully saturated rings. The summed E-state index contributed by atoms with van der Waals surface area (Å²) < 4.78 is 12.4. The van der Waals surface area contributed by atoms with Crippen LogP contribution in [0.1, 0.15) is 43.7 Å². The van der Waals surface area contributed by atoms with Crippen molar-refractivity contribution >= 4 is 16.9 Å². The number of ether oxygens (including phenoxy) is 2. The topological polar surface area (TPSA) is 88.9 Å². The Morgan fingerprint density at radius 2 is 2.03 bits per heavy atom. The fourth-order valence-electron chi connectivity index (χ4n) is 4.69. The lowest BCUT2D eigenvalue weighted by Gasteiger charge is -2.40. The molecule has 1 aromatic carbocycles. The summed E-state index contributed by atoms with van der Waals surface area (Å²) in [4.78, 5) is 20.7. The summed E-state index contributed by atoms with van der Waals surface area (Å²) in [6, 6.07) is 7.93. The molecule has 3 atom stereocenters. The molecule has 2 N–H and O–H groups in total. The largest absolute Gasteiger partial charge is 0.390 e. The Morgan fingerprint density at radius 3 is 2.76 bits per heavy atom. The maximum atomic E-state index is 14.0. The predicted octanol–water partition coefficient (Wildman–Crippen LogP) is 2.55. The van der Waals surface area contributed by atoms with Gasteiger partial charge in [0.1, 0.15) is 0 Å². The maximum Gasteiger partial charge on any atom is 0.290 e. The van der Waals surface area contributed by atoms with Gasteiger partial charge in [-0.05, 0) is 37.3 Å². The Morgan fingerprint density at radius 1 is 1.24 bits per heavy atom. The molecule has 0 spiro atoms. The second-order valence-electron chi connectivity index (χ2n) is 9.46. The number of rotatable bonds is 12. The monoisotopic (exact) mass is 460 g/mol. The first kappa shape index (κ1) is 25.6. The summed E-state index contributed by atoms with van der Waals surface area (Å²) in [6.45, 7) is 8.06. The van der Waals surface area contributed by atoms with E-state index in [4.69, 9.17) is 14.5 Å². The van der Waals surface area contributed by atoms with Crippen LogP contribution in [0.2, 0.25) is 0 Å². The second kappa shape index (κ2) is 12.5. The number of benzene rings is 1. The molecule has 1 amide bonds. The average molecular weight is 461 g/mol. The summed E-state index contributed by atoms with van der Waals surface area (Å²) in [7, 11) is 3.31. The molecule has 184 valence electrons. The van der Waals surface area contributed by atoms with E-state index in [0.717, 1.165) is 43.4 Å². The van der Waals surface area contributed by atoms with Gasteiger partial charge in [0.05, 0.1) is 23.7 Å². The molecular weight excluding hydrogens is 420 g/mol. The number of nitrogens with one attached hydrogen (secondary N) is 1. The van der Waals surface area contributed by atoms with Gasteiger partial charge < -0.3 is 29.4 Å². The predicted molar refractivity (Wildman–Crippen MR) is 129 cm³/mol. The van der Waals surface area contributed by atoms with Gasteiger partial charge >= 0.3 is 0 Å². The zero-order chi connectivity index (χ0) is 23.8. The van der Waals surface area contributed by atoms with Gasteiger partial charge in [-0.2, -0.15) is 0 Å². The van der Waals surface area contributed by atoms with E-state index in [1.54, 1.807) is 14.2 Å². The number of aliphatic hydroxyl groups excluding tert-OH is 1. The number of carbonyl (C=O) groups is 1. The Kier molecular flexibility index (Phi) is 9.67. The molecule has 3 unspecified atom stereocenters. The Bertz CT molecular complexity index is 884. The fraction of sp³-hybridized carbons (Fsp3) is 0.680. The first-order chi connectivity index (χ1) is 16.0. The number of aryl methyl sites for hydroxylation is 1. The highest BCUT2D eigenvalue weighted by molar-refractivity contribution is 5.95. The Labute approximate surface area is 197 Å². The summed E-state index contributed by atoms with van der Waals surface area (Å²) >= 11 is 0. The van der Waals surface area contributed by atoms with Gasteiger partial charge in [-0.25, -0.2) is 4.98 Å². The van der Waals surface area contributed by atoms with Crippen LogP contribution < -0.4 is 5.32 Å². The van der Waals surface area contributed by atoms with Crippen LogP contribution in [0, 0.1) is 11.8 Å². The lowest BCUT2D eigenvalue weighted by molar-refractivity contribution is 0.00229. The quantitative estimate of drug-likeness (QED) is 0.473. The first-order valence-corrected chi connectivity index (χ1v) is 12.1. The van der Waals surface area contributed by atoms with Crippen molar-refractivity contribution in [2.75, 3.05) is 47.1 Å². The van der Waals surface area contributed by atoms with Crippen molar-refractivity contribution in [3.63, 3.8) is 0 Å². The molecule has 0 saturated carbocycles. The van der Waals surface area contributed by atoms with E-state index in [-0.39, 0.29) is 17.9 Å². The summed E-state index contributed by atoms with van der Waals surface area (Å²) in [6.07, 6.45) is 2.03. The number of nitrogens with zero attached hydrogens (tertiary/aromatic N) is 3. The minimum Gasteiger partial charge on any atom is -0.390 e. The van der Waals surface area contributed by atoms with Gasteiger partial charge in [0.25, 0.3) is 5.91 Å². The lowest BCUT2D eigenvalue weighted by atomic mass is 9.89. The van der Waals surface area contributed by atoms with E-state index in [0.29, 0.717) is 38.0 Å². The maximum absolute atomic E-state index is 14.0. The number of piperidine rings is 1. The van der Waals surface area contributed by atoms with Crippen molar-refractivity contribution in [2.45, 2.75) is 51.8 Å². The van der Waals surface area contributed by atoms with Gasteiger partial charge in [0.2, 0.25) is 0 Å². The highest BCUT2D eigenvalue weighted by atomic mass is 16.5. The molecule has 33 heavy (non-hydrogen) atoms. The van der Waals surface area contributed by atoms with Gasteiger partial charge in [-0.3, -0.25) is 4.79 Å². The molecular formula is C25H40N4O4. The number of fused-ring (bicyclic) bond motifs is 1. The number of para-hydroxylation sites is 2. The van der Waals surface area contributed by atoms with Crippen LogP contribution in [0.25, 0.3) is 11.0 Å². The van der Waals surface area contributed by atoms with Crippen molar-refractivity contribution in [2.24, 2.45) is 11.8 Å². The Balaban J connectivity index is 1.88. The SMILES string of the molecule is COCCCCn1c(C(=O)N(CC(C)C)C2CNCC(C(O)COC)C2)nc2ccccc21. The summed E-state index contributed by atoms with van der Waals surface area (Å²) in [5.74, 6) is 0.811. The van der Waals surface area contributed by atoms with Crippen LogP contribution in [0.5, 0.6) is 0 Å². The number of imidazole rings is 1. The number of methoxy groups -OCH3 is 2. The van der Waals surface area contributed by atoms with Crippen molar-refractivity contribution in [1.82, 2.24) is 19.8 Å². The van der Waals surface area contributed by atoms with Crippen LogP contribution >= 0.6 is 0 Å². The number of aliphatic hydroxyl groups is 1. The van der Waals surface area contributed by atoms with Crippen molar-refractivity contribution in [3.8, 4) is 0 Å². The fourth-order valence-corrected chi connectivity index (χ4v) is 4.69. The third-order valence-electron chi connectivity index (χ3n) is 6.33. The van der Waals surface area contributed by atoms with E-state index in [2.05, 4.69) is 23.7 Å². The molecule has 0 aliphatic carbocycles. The molecule has 3 rings (SSSR count). The van der Waals surface area contributed by atoms with Crippen LogP contribution in [0.15, 0.2) is 24.3 Å². The summed E-state index contributed by atoms with van der Waals surface area (Å²) in [5, 5.41) is 13.9. The molecule has 2 aromatic rings. The molecule has 1 saturated heterocycles. The Hall–Kier alpha value is -2.00. The molecule has 1 aliphatic rings. The number of carbonyl (C=O) groups excluding carboxylic acids is 1. The standard InChI is InChI=1S/C25H40N4O4/c1-18(2)16-29(20-13-19(14-26-15-20)23(30)17-33-4)25(31)24-27-21-9-5-6-10-22(21)28(24)11-7-8-12-32-3/h5-6,9-10,18-20,23,26,30H,7-8,11-17H2,1-4H3. The third kappa shape index (κ3) is 6.53. The molecule has 8 nitrogen and oxygen atoms in total. The first-order valence-electron chi connectivity index (χ1n) is 12.1.